The maximum atomic E-state index is 11.8. The van der Waals surface area contributed by atoms with Gasteiger partial charge in [0.2, 0.25) is 10.0 Å². The van der Waals surface area contributed by atoms with Gasteiger partial charge in [-0.15, -0.1) is 19.0 Å². The Bertz CT molecular complexity index is 544. The third-order valence-corrected chi connectivity index (χ3v) is 3.71. The minimum absolute atomic E-state index is 0. The summed E-state index contributed by atoms with van der Waals surface area (Å²) in [4.78, 5) is 11.7. The number of nitrogens with one attached hydrogen (secondary N) is 2. The lowest BCUT2D eigenvalue weighted by Crippen LogP contribution is -2.29. The van der Waals surface area contributed by atoms with Gasteiger partial charge >= 0.3 is 0 Å². The van der Waals surface area contributed by atoms with Crippen molar-refractivity contribution in [2.75, 3.05) is 19.6 Å². The molecule has 0 aliphatic rings. The molecule has 8 heteroatoms. The Morgan fingerprint density at radius 2 is 1.90 bits per heavy atom. The number of halogens is 1. The molecule has 0 fully saturated rings. The van der Waals surface area contributed by atoms with Gasteiger partial charge in [-0.25, -0.2) is 13.1 Å². The Hall–Kier alpha value is -1.41. The summed E-state index contributed by atoms with van der Waals surface area (Å²) >= 11 is 0. The van der Waals surface area contributed by atoms with Crippen molar-refractivity contribution in [2.24, 2.45) is 5.73 Å². The van der Waals surface area contributed by atoms with Crippen LogP contribution in [0.15, 0.2) is 41.8 Å². The number of benzene rings is 1. The zero-order valence-corrected chi connectivity index (χ0v) is 12.5. The molecule has 0 unspecified atom stereocenters. The molecule has 1 rings (SSSR count). The van der Waals surface area contributed by atoms with Crippen molar-refractivity contribution in [3.05, 3.63) is 42.5 Å². The van der Waals surface area contributed by atoms with Crippen molar-refractivity contribution in [1.29, 1.82) is 0 Å². The first-order valence-corrected chi connectivity index (χ1v) is 7.18. The molecule has 0 aliphatic heterocycles. The van der Waals surface area contributed by atoms with Gasteiger partial charge in [-0.05, 0) is 24.3 Å². The van der Waals surface area contributed by atoms with Crippen LogP contribution >= 0.6 is 12.4 Å². The molecule has 1 aromatic rings. The molecule has 4 N–H and O–H groups in total. The van der Waals surface area contributed by atoms with E-state index in [4.69, 9.17) is 5.73 Å². The zero-order valence-electron chi connectivity index (χ0n) is 10.8. The number of hydrogen-bond acceptors (Lipinski definition) is 4. The summed E-state index contributed by atoms with van der Waals surface area (Å²) in [7, 11) is -3.55. The van der Waals surface area contributed by atoms with Gasteiger partial charge in [0.15, 0.2) is 0 Å². The largest absolute Gasteiger partial charge is 0.351 e. The Labute approximate surface area is 124 Å². The quantitative estimate of drug-likeness (QED) is 0.627. The van der Waals surface area contributed by atoms with Gasteiger partial charge in [0.1, 0.15) is 0 Å². The molecule has 0 radical (unpaired) electrons. The predicted octanol–water partition coefficient (Wildman–Crippen LogP) is 0.261. The van der Waals surface area contributed by atoms with Gasteiger partial charge in [-0.3, -0.25) is 4.79 Å². The second kappa shape index (κ2) is 8.70. The van der Waals surface area contributed by atoms with Crippen LogP contribution in [0.4, 0.5) is 0 Å². The molecule has 1 amide bonds. The lowest BCUT2D eigenvalue weighted by atomic mass is 10.2. The molecule has 1 aromatic carbocycles. The van der Waals surface area contributed by atoms with E-state index in [1.165, 1.54) is 30.3 Å². The Morgan fingerprint density at radius 3 is 2.40 bits per heavy atom. The molecule has 0 spiro atoms. The minimum Gasteiger partial charge on any atom is -0.351 e. The van der Waals surface area contributed by atoms with Gasteiger partial charge in [-0.1, -0.05) is 6.08 Å². The van der Waals surface area contributed by atoms with Crippen LogP contribution in [0.25, 0.3) is 0 Å². The molecule has 6 nitrogen and oxygen atoms in total. The normalized spacial score (nSPS) is 10.4. The summed E-state index contributed by atoms with van der Waals surface area (Å²) in [5.74, 6) is -0.284. The maximum absolute atomic E-state index is 11.8. The summed E-state index contributed by atoms with van der Waals surface area (Å²) in [5.41, 5.74) is 5.66. The zero-order chi connectivity index (χ0) is 14.3. The minimum atomic E-state index is -3.55. The van der Waals surface area contributed by atoms with E-state index in [1.807, 2.05) is 0 Å². The second-order valence-corrected chi connectivity index (χ2v) is 5.48. The molecular weight excluding hydrogens is 302 g/mol. The summed E-state index contributed by atoms with van der Waals surface area (Å²) in [6.45, 7) is 4.31. The van der Waals surface area contributed by atoms with Crippen LogP contribution in [0.5, 0.6) is 0 Å². The van der Waals surface area contributed by atoms with Crippen molar-refractivity contribution in [1.82, 2.24) is 10.0 Å². The van der Waals surface area contributed by atoms with E-state index in [0.29, 0.717) is 18.7 Å². The van der Waals surface area contributed by atoms with Crippen molar-refractivity contribution in [2.45, 2.75) is 4.90 Å². The average molecular weight is 320 g/mol. The highest BCUT2D eigenvalue weighted by molar-refractivity contribution is 7.89. The number of rotatable bonds is 7. The van der Waals surface area contributed by atoms with Crippen LogP contribution in [-0.4, -0.2) is 34.0 Å². The second-order valence-electron chi connectivity index (χ2n) is 3.71. The highest BCUT2D eigenvalue weighted by atomic mass is 35.5. The van der Waals surface area contributed by atoms with Crippen LogP contribution < -0.4 is 15.8 Å². The van der Waals surface area contributed by atoms with E-state index in [0.717, 1.165) is 0 Å². The summed E-state index contributed by atoms with van der Waals surface area (Å²) < 4.78 is 25.9. The van der Waals surface area contributed by atoms with Crippen LogP contribution in [-0.2, 0) is 10.0 Å². The first-order valence-electron chi connectivity index (χ1n) is 5.70. The molecule has 0 saturated carbocycles. The van der Waals surface area contributed by atoms with E-state index in [2.05, 4.69) is 16.6 Å². The topological polar surface area (TPSA) is 101 Å². The molecule has 20 heavy (non-hydrogen) atoms. The van der Waals surface area contributed by atoms with Gasteiger partial charge < -0.3 is 11.1 Å². The molecule has 0 atom stereocenters. The number of sulfonamides is 1. The smallest absolute Gasteiger partial charge is 0.251 e. The molecule has 0 saturated heterocycles. The first-order chi connectivity index (χ1) is 9.01. The van der Waals surface area contributed by atoms with Gasteiger partial charge in [-0.2, -0.15) is 0 Å². The van der Waals surface area contributed by atoms with E-state index >= 15 is 0 Å². The van der Waals surface area contributed by atoms with Crippen molar-refractivity contribution < 1.29 is 13.2 Å². The Morgan fingerprint density at radius 1 is 1.30 bits per heavy atom. The van der Waals surface area contributed by atoms with E-state index in [1.54, 1.807) is 0 Å². The fourth-order valence-corrected chi connectivity index (χ4v) is 2.32. The van der Waals surface area contributed by atoms with Gasteiger partial charge in [0, 0.05) is 25.2 Å². The number of hydrogen-bond donors (Lipinski definition) is 3. The van der Waals surface area contributed by atoms with Crippen molar-refractivity contribution in [3.8, 4) is 0 Å². The lowest BCUT2D eigenvalue weighted by Gasteiger charge is -2.06. The van der Waals surface area contributed by atoms with Gasteiger partial charge in [0.25, 0.3) is 5.91 Å². The first kappa shape index (κ1) is 18.6. The highest BCUT2D eigenvalue weighted by Crippen LogP contribution is 2.10. The number of nitrogens with two attached hydrogens (primary N) is 1. The Balaban J connectivity index is 0.00000361. The predicted molar refractivity (Wildman–Crippen MR) is 80.5 cm³/mol. The third kappa shape index (κ3) is 5.30. The molecular formula is C12H18ClN3O3S. The molecule has 0 aliphatic carbocycles. The van der Waals surface area contributed by atoms with Crippen LogP contribution in [0, 0.1) is 0 Å². The molecule has 0 bridgehead atoms. The van der Waals surface area contributed by atoms with Crippen LogP contribution in [0.1, 0.15) is 10.4 Å². The highest BCUT2D eigenvalue weighted by Gasteiger charge is 2.13. The number of amides is 1. The van der Waals surface area contributed by atoms with Crippen molar-refractivity contribution in [3.63, 3.8) is 0 Å². The SMILES string of the molecule is C=CCNS(=O)(=O)c1ccc(C(=O)NCCN)cc1.Cl. The van der Waals surface area contributed by atoms with Gasteiger partial charge in [0.05, 0.1) is 4.90 Å². The Kier molecular flexibility index (Phi) is 8.09. The molecule has 0 aromatic heterocycles. The third-order valence-electron chi connectivity index (χ3n) is 2.27. The summed E-state index contributed by atoms with van der Waals surface area (Å²) in [6, 6.07) is 5.66. The summed E-state index contributed by atoms with van der Waals surface area (Å²) in [5, 5.41) is 2.60. The van der Waals surface area contributed by atoms with E-state index in [9.17, 15) is 13.2 Å². The fourth-order valence-electron chi connectivity index (χ4n) is 1.33. The number of carbonyl (C=O) groups excluding carboxylic acids is 1. The molecule has 112 valence electrons. The monoisotopic (exact) mass is 319 g/mol. The summed E-state index contributed by atoms with van der Waals surface area (Å²) in [6.07, 6.45) is 1.45. The van der Waals surface area contributed by atoms with E-state index in [-0.39, 0.29) is 29.8 Å². The van der Waals surface area contributed by atoms with Crippen LogP contribution in [0.3, 0.4) is 0 Å². The van der Waals surface area contributed by atoms with Crippen LogP contribution in [0.2, 0.25) is 0 Å². The molecule has 0 heterocycles. The van der Waals surface area contributed by atoms with Crippen molar-refractivity contribution >= 4 is 28.3 Å². The van der Waals surface area contributed by atoms with E-state index < -0.39 is 10.0 Å². The average Bonchev–Trinajstić information content (AvgIpc) is 2.42. The maximum Gasteiger partial charge on any atom is 0.251 e. The standard InChI is InChI=1S/C12H17N3O3S.ClH/c1-2-8-15-19(17,18)11-5-3-10(4-6-11)12(16)14-9-7-13;/h2-6,15H,1,7-9,13H2,(H,14,16);1H. The fraction of sp³-hybridized carbons (Fsp3) is 0.250. The lowest BCUT2D eigenvalue weighted by molar-refractivity contribution is 0.0954. The number of carbonyl (C=O) groups is 1.